The van der Waals surface area contributed by atoms with Crippen LogP contribution in [0.2, 0.25) is 0 Å². The molecule has 1 aliphatic heterocycles. The lowest BCUT2D eigenvalue weighted by molar-refractivity contribution is -0.141. The predicted octanol–water partition coefficient (Wildman–Crippen LogP) is 3.35. The number of carbonyl (C=O) groups is 2. The largest absolute Gasteiger partial charge is 0.496 e. The summed E-state index contributed by atoms with van der Waals surface area (Å²) in [4.78, 5) is 29.0. The zero-order valence-corrected chi connectivity index (χ0v) is 14.8. The van der Waals surface area contributed by atoms with Crippen molar-refractivity contribution in [2.75, 3.05) is 18.6 Å². The number of carbonyl (C=O) groups excluding carboxylic acids is 1. The van der Waals surface area contributed by atoms with Crippen LogP contribution in [-0.2, 0) is 9.59 Å². The first-order valence-electron chi connectivity index (χ1n) is 8.63. The summed E-state index contributed by atoms with van der Waals surface area (Å²) in [5.74, 6) is -0.965. The number of anilines is 1. The van der Waals surface area contributed by atoms with E-state index in [1.807, 2.05) is 42.5 Å². The van der Waals surface area contributed by atoms with Crippen molar-refractivity contribution in [1.29, 1.82) is 0 Å². The van der Waals surface area contributed by atoms with Crippen LogP contribution in [0.3, 0.4) is 0 Å². The maximum absolute atomic E-state index is 12.1. The van der Waals surface area contributed by atoms with E-state index in [2.05, 4.69) is 4.98 Å². The van der Waals surface area contributed by atoms with E-state index in [0.29, 0.717) is 5.69 Å². The molecule has 6 nitrogen and oxygen atoms in total. The number of methoxy groups -OCH3 is 1. The summed E-state index contributed by atoms with van der Waals surface area (Å²) in [6.07, 6.45) is 3.57. The average Bonchev–Trinajstić information content (AvgIpc) is 3.09. The molecule has 1 saturated heterocycles. The first-order chi connectivity index (χ1) is 13.1. The Morgan fingerprint density at radius 3 is 2.59 bits per heavy atom. The van der Waals surface area contributed by atoms with Crippen molar-refractivity contribution in [3.05, 3.63) is 54.9 Å². The van der Waals surface area contributed by atoms with E-state index in [9.17, 15) is 9.59 Å². The SMILES string of the molecule is COc1ccc(-c2ccc(N3CC(C(=O)O)CC3=O)cc2)c2ccncc12. The number of aromatic nitrogens is 1. The molecule has 1 aromatic heterocycles. The van der Waals surface area contributed by atoms with Crippen molar-refractivity contribution < 1.29 is 19.4 Å². The highest BCUT2D eigenvalue weighted by Crippen LogP contribution is 2.35. The number of carboxylic acids is 1. The smallest absolute Gasteiger partial charge is 0.308 e. The molecule has 0 aliphatic carbocycles. The zero-order valence-electron chi connectivity index (χ0n) is 14.8. The lowest BCUT2D eigenvalue weighted by Gasteiger charge is -2.17. The van der Waals surface area contributed by atoms with E-state index < -0.39 is 11.9 Å². The second-order valence-electron chi connectivity index (χ2n) is 6.53. The molecule has 0 saturated carbocycles. The van der Waals surface area contributed by atoms with Crippen molar-refractivity contribution >= 4 is 28.3 Å². The molecule has 2 aromatic carbocycles. The average molecular weight is 362 g/mol. The van der Waals surface area contributed by atoms with Gasteiger partial charge in [0.25, 0.3) is 0 Å². The van der Waals surface area contributed by atoms with Gasteiger partial charge in [-0.25, -0.2) is 0 Å². The third-order valence-electron chi connectivity index (χ3n) is 4.96. The topological polar surface area (TPSA) is 79.7 Å². The van der Waals surface area contributed by atoms with Crippen LogP contribution in [0.25, 0.3) is 21.9 Å². The molecule has 6 heteroatoms. The van der Waals surface area contributed by atoms with Crippen molar-refractivity contribution in [3.8, 4) is 16.9 Å². The van der Waals surface area contributed by atoms with Gasteiger partial charge in [0.05, 0.1) is 13.0 Å². The molecule has 1 N–H and O–H groups in total. The van der Waals surface area contributed by atoms with Crippen LogP contribution in [0.4, 0.5) is 5.69 Å². The first kappa shape index (κ1) is 17.0. The summed E-state index contributed by atoms with van der Waals surface area (Å²) in [5.41, 5.74) is 2.75. The van der Waals surface area contributed by atoms with E-state index in [4.69, 9.17) is 9.84 Å². The van der Waals surface area contributed by atoms with Gasteiger partial charge < -0.3 is 14.7 Å². The fraction of sp³-hybridized carbons (Fsp3) is 0.190. The highest BCUT2D eigenvalue weighted by Gasteiger charge is 2.34. The second kappa shape index (κ2) is 6.72. The number of ether oxygens (including phenoxy) is 1. The number of aliphatic carboxylic acids is 1. The Bertz CT molecular complexity index is 1030. The van der Waals surface area contributed by atoms with E-state index in [-0.39, 0.29) is 18.9 Å². The molecule has 1 atom stereocenters. The predicted molar refractivity (Wildman–Crippen MR) is 102 cm³/mol. The van der Waals surface area contributed by atoms with Gasteiger partial charge in [-0.1, -0.05) is 18.2 Å². The molecule has 1 aliphatic rings. The molecular weight excluding hydrogens is 344 g/mol. The molecule has 1 amide bonds. The first-order valence-corrected chi connectivity index (χ1v) is 8.63. The Morgan fingerprint density at radius 2 is 1.93 bits per heavy atom. The summed E-state index contributed by atoms with van der Waals surface area (Å²) in [5, 5.41) is 11.1. The van der Waals surface area contributed by atoms with Gasteiger partial charge >= 0.3 is 5.97 Å². The Labute approximate surface area is 156 Å². The Morgan fingerprint density at radius 1 is 1.15 bits per heavy atom. The summed E-state index contributed by atoms with van der Waals surface area (Å²) in [6.45, 7) is 0.213. The molecule has 136 valence electrons. The summed E-state index contributed by atoms with van der Waals surface area (Å²) < 4.78 is 5.41. The maximum atomic E-state index is 12.1. The molecule has 27 heavy (non-hydrogen) atoms. The molecule has 1 unspecified atom stereocenters. The van der Waals surface area contributed by atoms with E-state index >= 15 is 0 Å². The van der Waals surface area contributed by atoms with E-state index in [0.717, 1.165) is 27.6 Å². The van der Waals surface area contributed by atoms with Crippen molar-refractivity contribution in [2.24, 2.45) is 5.92 Å². The zero-order chi connectivity index (χ0) is 19.0. The fourth-order valence-electron chi connectivity index (χ4n) is 3.54. The lowest BCUT2D eigenvalue weighted by atomic mass is 9.98. The van der Waals surface area contributed by atoms with Gasteiger partial charge in [-0.3, -0.25) is 14.6 Å². The Hall–Kier alpha value is -3.41. The number of amides is 1. The van der Waals surface area contributed by atoms with Crippen LogP contribution >= 0.6 is 0 Å². The number of benzene rings is 2. The third kappa shape index (κ3) is 2.99. The summed E-state index contributed by atoms with van der Waals surface area (Å²) >= 11 is 0. The molecule has 1 fully saturated rings. The number of fused-ring (bicyclic) bond motifs is 1. The van der Waals surface area contributed by atoms with Crippen LogP contribution in [-0.4, -0.2) is 35.6 Å². The van der Waals surface area contributed by atoms with Crippen molar-refractivity contribution in [1.82, 2.24) is 4.98 Å². The van der Waals surface area contributed by atoms with Gasteiger partial charge in [0.1, 0.15) is 5.75 Å². The van der Waals surface area contributed by atoms with Gasteiger partial charge in [-0.2, -0.15) is 0 Å². The molecule has 0 bridgehead atoms. The molecule has 3 aromatic rings. The minimum atomic E-state index is -0.930. The molecule has 0 spiro atoms. The quantitative estimate of drug-likeness (QED) is 0.770. The van der Waals surface area contributed by atoms with Gasteiger partial charge in [0.15, 0.2) is 0 Å². The number of nitrogens with zero attached hydrogens (tertiary/aromatic N) is 2. The highest BCUT2D eigenvalue weighted by molar-refractivity contribution is 6.01. The number of carboxylic acid groups (broad SMARTS) is 1. The van der Waals surface area contributed by atoms with Gasteiger partial charge in [-0.15, -0.1) is 0 Å². The number of hydrogen-bond acceptors (Lipinski definition) is 4. The number of hydrogen-bond donors (Lipinski definition) is 1. The molecule has 2 heterocycles. The lowest BCUT2D eigenvalue weighted by Crippen LogP contribution is -2.25. The maximum Gasteiger partial charge on any atom is 0.308 e. The Balaban J connectivity index is 1.69. The second-order valence-corrected chi connectivity index (χ2v) is 6.53. The number of rotatable bonds is 4. The minimum absolute atomic E-state index is 0.0488. The van der Waals surface area contributed by atoms with Gasteiger partial charge in [-0.05, 0) is 40.8 Å². The molecule has 0 radical (unpaired) electrons. The van der Waals surface area contributed by atoms with Crippen molar-refractivity contribution in [2.45, 2.75) is 6.42 Å². The van der Waals surface area contributed by atoms with Crippen molar-refractivity contribution in [3.63, 3.8) is 0 Å². The van der Waals surface area contributed by atoms with E-state index in [1.165, 1.54) is 0 Å². The molecule has 4 rings (SSSR count). The fourth-order valence-corrected chi connectivity index (χ4v) is 3.54. The van der Waals surface area contributed by atoms with Crippen LogP contribution in [0.1, 0.15) is 6.42 Å². The van der Waals surface area contributed by atoms with Crippen LogP contribution in [0.5, 0.6) is 5.75 Å². The van der Waals surface area contributed by atoms with Crippen LogP contribution in [0, 0.1) is 5.92 Å². The minimum Gasteiger partial charge on any atom is -0.496 e. The standard InChI is InChI=1S/C21H18N2O4/c1-27-19-7-6-16(17-8-9-22-11-18(17)19)13-2-4-15(5-3-13)23-12-14(21(25)26)10-20(23)24/h2-9,11,14H,10,12H2,1H3,(H,25,26). The normalized spacial score (nSPS) is 16.7. The third-order valence-corrected chi connectivity index (χ3v) is 4.96. The monoisotopic (exact) mass is 362 g/mol. The Kier molecular flexibility index (Phi) is 4.24. The highest BCUT2D eigenvalue weighted by atomic mass is 16.5. The van der Waals surface area contributed by atoms with E-state index in [1.54, 1.807) is 24.4 Å². The van der Waals surface area contributed by atoms with Gasteiger partial charge in [0.2, 0.25) is 5.91 Å². The molecular formula is C21H18N2O4. The van der Waals surface area contributed by atoms with Gasteiger partial charge in [0, 0.05) is 36.4 Å². The summed E-state index contributed by atoms with van der Waals surface area (Å²) in [6, 6.07) is 13.5. The van der Waals surface area contributed by atoms with Crippen LogP contribution < -0.4 is 9.64 Å². The summed E-state index contributed by atoms with van der Waals surface area (Å²) in [7, 11) is 1.63. The van der Waals surface area contributed by atoms with Crippen LogP contribution in [0.15, 0.2) is 54.9 Å². The number of pyridine rings is 1.